The van der Waals surface area contributed by atoms with Crippen molar-refractivity contribution >= 4 is 10.8 Å². The molecule has 0 fully saturated rings. The summed E-state index contributed by atoms with van der Waals surface area (Å²) in [5.41, 5.74) is 3.09. The maximum atomic E-state index is 13.3. The highest BCUT2D eigenvalue weighted by Gasteiger charge is 2.30. The number of hydrogen-bond donors (Lipinski definition) is 1. The van der Waals surface area contributed by atoms with Crippen molar-refractivity contribution in [3.63, 3.8) is 0 Å². The molecule has 1 N–H and O–H groups in total. The van der Waals surface area contributed by atoms with Crippen LogP contribution < -0.4 is 5.32 Å². The molecule has 1 nitrogen and oxygen atoms in total. The summed E-state index contributed by atoms with van der Waals surface area (Å²) in [6, 6.07) is 24.0. The summed E-state index contributed by atoms with van der Waals surface area (Å²) in [7, 11) is 0. The summed E-state index contributed by atoms with van der Waals surface area (Å²) in [6.07, 6.45) is -2.83. The SMILES string of the molecule is Fc1cccc(CCNCCc2cc(-c3ccc(C(F)(F)F)cc3)c3ccccc3c2)c1. The first-order chi connectivity index (χ1) is 15.4. The van der Waals surface area contributed by atoms with E-state index in [1.165, 1.54) is 18.2 Å². The fourth-order valence-electron chi connectivity index (χ4n) is 3.88. The number of benzene rings is 4. The fraction of sp³-hybridized carbons (Fsp3) is 0.185. The zero-order chi connectivity index (χ0) is 22.6. The smallest absolute Gasteiger partial charge is 0.316 e. The van der Waals surface area contributed by atoms with Crippen molar-refractivity contribution < 1.29 is 17.6 Å². The third kappa shape index (κ3) is 5.35. The fourth-order valence-corrected chi connectivity index (χ4v) is 3.88. The largest absolute Gasteiger partial charge is 0.416 e. The standard InChI is InChI=1S/C27H23F4N/c28-24-6-3-4-19(17-24)12-14-32-15-13-20-16-22-5-1-2-7-25(22)26(18-20)21-8-10-23(11-9-21)27(29,30)31/h1-11,16-18,32H,12-15H2. The van der Waals surface area contributed by atoms with Crippen molar-refractivity contribution in [3.05, 3.63) is 107 Å². The van der Waals surface area contributed by atoms with E-state index in [4.69, 9.17) is 0 Å². The van der Waals surface area contributed by atoms with Gasteiger partial charge in [-0.25, -0.2) is 4.39 Å². The predicted molar refractivity (Wildman–Crippen MR) is 121 cm³/mol. The van der Waals surface area contributed by atoms with Crippen LogP contribution in [0.15, 0.2) is 84.9 Å². The molecular formula is C27H23F4N. The third-order valence-corrected chi connectivity index (χ3v) is 5.51. The van der Waals surface area contributed by atoms with E-state index in [1.54, 1.807) is 12.1 Å². The molecule has 32 heavy (non-hydrogen) atoms. The van der Waals surface area contributed by atoms with Gasteiger partial charge in [0, 0.05) is 0 Å². The van der Waals surface area contributed by atoms with Crippen LogP contribution in [0, 0.1) is 5.82 Å². The molecule has 0 amide bonds. The Labute approximate surface area is 184 Å². The quantitative estimate of drug-likeness (QED) is 0.242. The van der Waals surface area contributed by atoms with E-state index < -0.39 is 11.7 Å². The van der Waals surface area contributed by atoms with Crippen molar-refractivity contribution in [1.82, 2.24) is 5.32 Å². The Hall–Kier alpha value is -3.18. The Morgan fingerprint density at radius 3 is 2.12 bits per heavy atom. The Morgan fingerprint density at radius 1 is 0.688 bits per heavy atom. The predicted octanol–water partition coefficient (Wildman–Crippen LogP) is 7.04. The van der Waals surface area contributed by atoms with Crippen LogP contribution in [-0.2, 0) is 19.0 Å². The summed E-state index contributed by atoms with van der Waals surface area (Å²) < 4.78 is 52.1. The van der Waals surface area contributed by atoms with Crippen molar-refractivity contribution in [2.24, 2.45) is 0 Å². The molecule has 0 aliphatic heterocycles. The van der Waals surface area contributed by atoms with E-state index in [0.717, 1.165) is 71.1 Å². The molecule has 0 radical (unpaired) electrons. The molecule has 0 saturated carbocycles. The lowest BCUT2D eigenvalue weighted by Crippen LogP contribution is -2.20. The molecule has 164 valence electrons. The molecule has 0 saturated heterocycles. The van der Waals surface area contributed by atoms with Gasteiger partial charge in [-0.3, -0.25) is 0 Å². The van der Waals surface area contributed by atoms with Gasteiger partial charge in [0.15, 0.2) is 0 Å². The number of halogens is 4. The van der Waals surface area contributed by atoms with Crippen molar-refractivity contribution in [3.8, 4) is 11.1 Å². The lowest BCUT2D eigenvalue weighted by molar-refractivity contribution is -0.137. The first kappa shape index (κ1) is 22.0. The van der Waals surface area contributed by atoms with Gasteiger partial charge in [-0.2, -0.15) is 13.2 Å². The van der Waals surface area contributed by atoms with Gasteiger partial charge in [0.2, 0.25) is 0 Å². The van der Waals surface area contributed by atoms with Gasteiger partial charge in [0.05, 0.1) is 5.56 Å². The summed E-state index contributed by atoms with van der Waals surface area (Å²) in [5, 5.41) is 5.45. The second-order valence-electron chi connectivity index (χ2n) is 7.82. The van der Waals surface area contributed by atoms with Crippen LogP contribution in [0.3, 0.4) is 0 Å². The van der Waals surface area contributed by atoms with Gasteiger partial charge in [0.1, 0.15) is 5.82 Å². The molecule has 4 rings (SSSR count). The van der Waals surface area contributed by atoms with Gasteiger partial charge >= 0.3 is 6.18 Å². The topological polar surface area (TPSA) is 12.0 Å². The molecule has 0 bridgehead atoms. The normalized spacial score (nSPS) is 11.8. The highest BCUT2D eigenvalue weighted by molar-refractivity contribution is 5.97. The van der Waals surface area contributed by atoms with Crippen molar-refractivity contribution in [2.75, 3.05) is 13.1 Å². The first-order valence-corrected chi connectivity index (χ1v) is 10.5. The molecule has 4 aromatic carbocycles. The van der Waals surface area contributed by atoms with Gasteiger partial charge in [-0.15, -0.1) is 0 Å². The highest BCUT2D eigenvalue weighted by atomic mass is 19.4. The van der Waals surface area contributed by atoms with E-state index in [2.05, 4.69) is 17.4 Å². The highest BCUT2D eigenvalue weighted by Crippen LogP contribution is 2.34. The zero-order valence-electron chi connectivity index (χ0n) is 17.4. The number of alkyl halides is 3. The Morgan fingerprint density at radius 2 is 1.41 bits per heavy atom. The maximum Gasteiger partial charge on any atom is 0.416 e. The van der Waals surface area contributed by atoms with Crippen LogP contribution in [0.4, 0.5) is 17.6 Å². The van der Waals surface area contributed by atoms with Gasteiger partial charge < -0.3 is 5.32 Å². The first-order valence-electron chi connectivity index (χ1n) is 10.5. The zero-order valence-corrected chi connectivity index (χ0v) is 17.4. The minimum absolute atomic E-state index is 0.227. The van der Waals surface area contributed by atoms with E-state index in [1.807, 2.05) is 30.3 Å². The number of hydrogen-bond acceptors (Lipinski definition) is 1. The summed E-state index contributed by atoms with van der Waals surface area (Å²) in [6.45, 7) is 1.49. The van der Waals surface area contributed by atoms with Gasteiger partial charge in [0.25, 0.3) is 0 Å². The molecule has 0 spiro atoms. The molecule has 0 aliphatic carbocycles. The molecule has 0 atom stereocenters. The van der Waals surface area contributed by atoms with E-state index >= 15 is 0 Å². The number of rotatable bonds is 7. The minimum Gasteiger partial charge on any atom is -0.316 e. The summed E-state index contributed by atoms with van der Waals surface area (Å²) in [5.74, 6) is -0.227. The molecule has 0 aromatic heterocycles. The van der Waals surface area contributed by atoms with Crippen molar-refractivity contribution in [2.45, 2.75) is 19.0 Å². The van der Waals surface area contributed by atoms with Crippen LogP contribution in [0.1, 0.15) is 16.7 Å². The van der Waals surface area contributed by atoms with E-state index in [0.29, 0.717) is 0 Å². The summed E-state index contributed by atoms with van der Waals surface area (Å²) in [4.78, 5) is 0. The third-order valence-electron chi connectivity index (χ3n) is 5.51. The van der Waals surface area contributed by atoms with Gasteiger partial charge in [-0.1, -0.05) is 60.7 Å². The van der Waals surface area contributed by atoms with E-state index in [9.17, 15) is 17.6 Å². The van der Waals surface area contributed by atoms with Crippen LogP contribution in [0.2, 0.25) is 0 Å². The minimum atomic E-state index is -4.35. The van der Waals surface area contributed by atoms with Crippen LogP contribution >= 0.6 is 0 Å². The molecule has 0 aliphatic rings. The lowest BCUT2D eigenvalue weighted by Gasteiger charge is -2.13. The average molecular weight is 437 g/mol. The van der Waals surface area contributed by atoms with Crippen LogP contribution in [-0.4, -0.2) is 13.1 Å². The molecule has 4 aromatic rings. The maximum absolute atomic E-state index is 13.3. The van der Waals surface area contributed by atoms with E-state index in [-0.39, 0.29) is 5.82 Å². The second-order valence-corrected chi connectivity index (χ2v) is 7.82. The molecular weight excluding hydrogens is 414 g/mol. The molecule has 5 heteroatoms. The van der Waals surface area contributed by atoms with Gasteiger partial charge in [-0.05, 0) is 83.2 Å². The Balaban J connectivity index is 1.48. The van der Waals surface area contributed by atoms with Crippen LogP contribution in [0.5, 0.6) is 0 Å². The summed E-state index contributed by atoms with van der Waals surface area (Å²) >= 11 is 0. The number of fused-ring (bicyclic) bond motifs is 1. The Kier molecular flexibility index (Phi) is 6.56. The molecule has 0 unspecified atom stereocenters. The lowest BCUT2D eigenvalue weighted by atomic mass is 9.94. The Bertz CT molecular complexity index is 1200. The van der Waals surface area contributed by atoms with Crippen molar-refractivity contribution in [1.29, 1.82) is 0 Å². The van der Waals surface area contributed by atoms with Crippen LogP contribution in [0.25, 0.3) is 21.9 Å². The second kappa shape index (κ2) is 9.53. The number of nitrogens with one attached hydrogen (secondary N) is 1. The molecule has 0 heterocycles. The monoisotopic (exact) mass is 437 g/mol. The average Bonchev–Trinajstić information content (AvgIpc) is 2.78.